The molecule has 2 aromatic rings. The molecule has 0 bridgehead atoms. The van der Waals surface area contributed by atoms with E-state index >= 15 is 0 Å². The molecule has 2 rings (SSSR count). The molecule has 24 heavy (non-hydrogen) atoms. The third-order valence-corrected chi connectivity index (χ3v) is 4.34. The van der Waals surface area contributed by atoms with Crippen molar-refractivity contribution in [2.75, 3.05) is 0 Å². The van der Waals surface area contributed by atoms with Gasteiger partial charge in [0, 0.05) is 9.79 Å². The van der Waals surface area contributed by atoms with Crippen molar-refractivity contribution in [2.24, 2.45) is 10.2 Å². The Labute approximate surface area is 152 Å². The third-order valence-electron chi connectivity index (χ3n) is 3.74. The zero-order valence-electron chi connectivity index (χ0n) is 13.3. The van der Waals surface area contributed by atoms with Crippen LogP contribution in [0.4, 0.5) is 0 Å². The van der Waals surface area contributed by atoms with Crippen LogP contribution in [-0.2, 0) is 11.1 Å². The molecule has 0 aliphatic carbocycles. The van der Waals surface area contributed by atoms with Crippen LogP contribution in [0.1, 0.15) is 25.0 Å². The van der Waals surface area contributed by atoms with Crippen molar-refractivity contribution in [2.45, 2.75) is 34.7 Å². The van der Waals surface area contributed by atoms with Gasteiger partial charge in [-0.1, -0.05) is 24.3 Å². The first-order valence-corrected chi connectivity index (χ1v) is 8.08. The van der Waals surface area contributed by atoms with Crippen LogP contribution >= 0.6 is 25.3 Å². The number of hydrogen-bond acceptors (Lipinski definition) is 6. The molecule has 0 aromatic heterocycles. The molecule has 2 atom stereocenters. The lowest BCUT2D eigenvalue weighted by Crippen LogP contribution is -2.20. The number of thiol groups is 2. The first kappa shape index (κ1) is 18.1. The van der Waals surface area contributed by atoms with Gasteiger partial charge < -0.3 is 0 Å². The Kier molecular flexibility index (Phi) is 5.33. The SMILES string of the molecule is CC(C#N)(/N=N/C(C)(C#N)c1ccc(S)cc1)c1ccc(S)cc1. The van der Waals surface area contributed by atoms with E-state index in [1.807, 2.05) is 0 Å². The molecule has 0 N–H and O–H groups in total. The van der Waals surface area contributed by atoms with Crippen molar-refractivity contribution in [3.63, 3.8) is 0 Å². The van der Waals surface area contributed by atoms with E-state index in [-0.39, 0.29) is 0 Å². The number of azo groups is 1. The van der Waals surface area contributed by atoms with Crippen LogP contribution in [0.15, 0.2) is 68.6 Å². The van der Waals surface area contributed by atoms with E-state index in [1.54, 1.807) is 62.4 Å². The summed E-state index contributed by atoms with van der Waals surface area (Å²) in [5.41, 5.74) is -0.971. The number of benzene rings is 2. The van der Waals surface area contributed by atoms with Gasteiger partial charge in [0.25, 0.3) is 0 Å². The minimum Gasteiger partial charge on any atom is -0.195 e. The zero-order chi connectivity index (χ0) is 17.8. The fourth-order valence-electron chi connectivity index (χ4n) is 2.06. The predicted molar refractivity (Wildman–Crippen MR) is 98.2 cm³/mol. The van der Waals surface area contributed by atoms with E-state index in [2.05, 4.69) is 47.6 Å². The fraction of sp³-hybridized carbons (Fsp3) is 0.222. The molecule has 0 radical (unpaired) electrons. The Bertz CT molecular complexity index is 760. The van der Waals surface area contributed by atoms with Gasteiger partial charge in [-0.05, 0) is 49.2 Å². The van der Waals surface area contributed by atoms with Crippen LogP contribution < -0.4 is 0 Å². The quantitative estimate of drug-likeness (QED) is 0.607. The van der Waals surface area contributed by atoms with E-state index in [1.165, 1.54) is 0 Å². The molecule has 2 aromatic carbocycles. The Balaban J connectivity index is 2.41. The summed E-state index contributed by atoms with van der Waals surface area (Å²) in [6.45, 7) is 3.33. The largest absolute Gasteiger partial charge is 0.195 e. The molecule has 0 aliphatic heterocycles. The summed E-state index contributed by atoms with van der Waals surface area (Å²) in [6, 6.07) is 18.6. The van der Waals surface area contributed by atoms with Crippen LogP contribution in [-0.4, -0.2) is 0 Å². The molecule has 2 unspecified atom stereocenters. The molecule has 120 valence electrons. The van der Waals surface area contributed by atoms with Crippen LogP contribution in [0, 0.1) is 22.7 Å². The van der Waals surface area contributed by atoms with E-state index in [9.17, 15) is 10.5 Å². The molecule has 0 saturated carbocycles. The summed E-state index contributed by atoms with van der Waals surface area (Å²) >= 11 is 8.48. The molecule has 6 heteroatoms. The molecule has 0 saturated heterocycles. The predicted octanol–water partition coefficient (Wildman–Crippen LogP) is 4.89. The lowest BCUT2D eigenvalue weighted by Gasteiger charge is -2.20. The average Bonchev–Trinajstić information content (AvgIpc) is 2.60. The highest BCUT2D eigenvalue weighted by Gasteiger charge is 2.31. The van der Waals surface area contributed by atoms with Gasteiger partial charge in [-0.25, -0.2) is 0 Å². The molecule has 0 fully saturated rings. The van der Waals surface area contributed by atoms with Crippen molar-refractivity contribution in [1.29, 1.82) is 10.5 Å². The highest BCUT2D eigenvalue weighted by atomic mass is 32.1. The topological polar surface area (TPSA) is 72.3 Å². The van der Waals surface area contributed by atoms with Crippen molar-refractivity contribution in [1.82, 2.24) is 0 Å². The maximum atomic E-state index is 9.57. The van der Waals surface area contributed by atoms with Crippen molar-refractivity contribution >= 4 is 25.3 Å². The minimum absolute atomic E-state index is 0.692. The van der Waals surface area contributed by atoms with E-state index in [0.717, 1.165) is 9.79 Å². The molecule has 0 heterocycles. The molecule has 0 spiro atoms. The lowest BCUT2D eigenvalue weighted by atomic mass is 9.93. The van der Waals surface area contributed by atoms with Gasteiger partial charge in [-0.2, -0.15) is 20.8 Å². The summed E-state index contributed by atoms with van der Waals surface area (Å²) in [4.78, 5) is 1.59. The van der Waals surface area contributed by atoms with Gasteiger partial charge in [0.2, 0.25) is 0 Å². The van der Waals surface area contributed by atoms with Gasteiger partial charge in [0.1, 0.15) is 0 Å². The highest BCUT2D eigenvalue weighted by molar-refractivity contribution is 7.80. The van der Waals surface area contributed by atoms with E-state index in [4.69, 9.17) is 0 Å². The van der Waals surface area contributed by atoms with Crippen molar-refractivity contribution < 1.29 is 0 Å². The van der Waals surface area contributed by atoms with Crippen LogP contribution in [0.3, 0.4) is 0 Å². The number of hydrogen-bond donors (Lipinski definition) is 2. The van der Waals surface area contributed by atoms with Gasteiger partial charge in [-0.15, -0.1) is 25.3 Å². The maximum absolute atomic E-state index is 9.57. The van der Waals surface area contributed by atoms with Gasteiger partial charge in [0.05, 0.1) is 12.1 Å². The number of nitriles is 2. The first-order chi connectivity index (χ1) is 11.3. The number of rotatable bonds is 4. The summed E-state index contributed by atoms with van der Waals surface area (Å²) in [5, 5.41) is 27.6. The lowest BCUT2D eigenvalue weighted by molar-refractivity contribution is 0.516. The monoisotopic (exact) mass is 352 g/mol. The molecular weight excluding hydrogens is 336 g/mol. The summed E-state index contributed by atoms with van der Waals surface area (Å²) in [6.07, 6.45) is 0. The van der Waals surface area contributed by atoms with Gasteiger partial charge in [0.15, 0.2) is 11.1 Å². The smallest absolute Gasteiger partial charge is 0.189 e. The second-order valence-electron chi connectivity index (χ2n) is 5.66. The maximum Gasteiger partial charge on any atom is 0.189 e. The Morgan fingerprint density at radius 3 is 1.25 bits per heavy atom. The fourth-order valence-corrected chi connectivity index (χ4v) is 2.36. The summed E-state index contributed by atoms with van der Waals surface area (Å²) in [5.74, 6) is 0. The average molecular weight is 352 g/mol. The van der Waals surface area contributed by atoms with Gasteiger partial charge in [-0.3, -0.25) is 0 Å². The molecule has 4 nitrogen and oxygen atoms in total. The Morgan fingerprint density at radius 2 is 1.00 bits per heavy atom. The van der Waals surface area contributed by atoms with Crippen molar-refractivity contribution in [3.8, 4) is 12.1 Å². The second-order valence-corrected chi connectivity index (χ2v) is 6.69. The molecular formula is C18H16N4S2. The van der Waals surface area contributed by atoms with Crippen LogP contribution in [0.25, 0.3) is 0 Å². The van der Waals surface area contributed by atoms with Crippen LogP contribution in [0.2, 0.25) is 0 Å². The van der Waals surface area contributed by atoms with Crippen molar-refractivity contribution in [3.05, 3.63) is 59.7 Å². The van der Waals surface area contributed by atoms with Gasteiger partial charge >= 0.3 is 0 Å². The Hall–Kier alpha value is -2.28. The zero-order valence-corrected chi connectivity index (χ0v) is 15.1. The normalized spacial score (nSPS) is 15.9. The minimum atomic E-state index is -1.18. The third kappa shape index (κ3) is 3.79. The standard InChI is InChI=1S/C18H16N4S2/c1-17(11-19,13-3-7-15(23)8-4-13)21-22-18(2,12-20)14-5-9-16(24)10-6-14/h3-10,23-24H,1-2H3/b22-21+. The van der Waals surface area contributed by atoms with E-state index < -0.39 is 11.1 Å². The number of nitrogens with zero attached hydrogens (tertiary/aromatic N) is 4. The van der Waals surface area contributed by atoms with E-state index in [0.29, 0.717) is 11.1 Å². The van der Waals surface area contributed by atoms with Crippen LogP contribution in [0.5, 0.6) is 0 Å². The molecule has 0 amide bonds. The first-order valence-electron chi connectivity index (χ1n) is 7.18. The summed E-state index contributed by atoms with van der Waals surface area (Å²) < 4.78 is 0. The Morgan fingerprint density at radius 1 is 0.708 bits per heavy atom. The second kappa shape index (κ2) is 7.09. The summed E-state index contributed by atoms with van der Waals surface area (Å²) in [7, 11) is 0. The molecule has 0 aliphatic rings. The highest BCUT2D eigenvalue weighted by Crippen LogP contribution is 2.31.